The maximum Gasteiger partial charge on any atom is 0.417 e. The molecule has 2 saturated heterocycles. The Morgan fingerprint density at radius 2 is 2.38 bits per heavy atom. The van der Waals surface area contributed by atoms with Crippen LogP contribution in [0.1, 0.15) is 0 Å². The van der Waals surface area contributed by atoms with E-state index in [1.54, 1.807) is 0 Å². The van der Waals surface area contributed by atoms with Crippen LogP contribution in [0.4, 0.5) is 4.79 Å². The van der Waals surface area contributed by atoms with Gasteiger partial charge >= 0.3 is 6.09 Å². The third-order valence-electron chi connectivity index (χ3n) is 1.33. The Morgan fingerprint density at radius 1 is 1.62 bits per heavy atom. The molecule has 0 saturated carbocycles. The van der Waals surface area contributed by atoms with Crippen molar-refractivity contribution < 1.29 is 14.3 Å². The third kappa shape index (κ3) is 0.238. The van der Waals surface area contributed by atoms with Gasteiger partial charge in [0.2, 0.25) is 0 Å². The molecule has 8 heavy (non-hydrogen) atoms. The number of ether oxygens (including phenoxy) is 1. The summed E-state index contributed by atoms with van der Waals surface area (Å²) in [5, 5.41) is 0. The van der Waals surface area contributed by atoms with Crippen molar-refractivity contribution in [3.05, 3.63) is 0 Å². The summed E-state index contributed by atoms with van der Waals surface area (Å²) in [6.07, 6.45) is -0.486. The maximum absolute atomic E-state index is 10.3. The topological polar surface area (TPSA) is 46.4 Å². The van der Waals surface area contributed by atoms with Crippen molar-refractivity contribution in [2.75, 3.05) is 6.61 Å². The summed E-state index contributed by atoms with van der Waals surface area (Å²) in [6.45, 7) is 0.262. The van der Waals surface area contributed by atoms with Crippen molar-refractivity contribution in [1.82, 2.24) is 4.90 Å². The number of carbonyl (C=O) groups excluding carboxylic acids is 2. The Labute approximate surface area is 45.0 Å². The van der Waals surface area contributed by atoms with Crippen LogP contribution in [0.2, 0.25) is 0 Å². The molecule has 0 aromatic rings. The monoisotopic (exact) mass is 113 g/mol. The fourth-order valence-electron chi connectivity index (χ4n) is 0.800. The molecule has 2 aliphatic heterocycles. The van der Waals surface area contributed by atoms with Gasteiger partial charge in [0, 0.05) is 0 Å². The summed E-state index contributed by atoms with van der Waals surface area (Å²) < 4.78 is 4.45. The molecule has 0 N–H and O–H groups in total. The second-order valence-corrected chi connectivity index (χ2v) is 1.80. The van der Waals surface area contributed by atoms with E-state index >= 15 is 0 Å². The molecule has 1 unspecified atom stereocenters. The highest BCUT2D eigenvalue weighted by Crippen LogP contribution is 2.27. The van der Waals surface area contributed by atoms with Gasteiger partial charge in [0.05, 0.1) is 0 Å². The van der Waals surface area contributed by atoms with Crippen LogP contribution in [-0.2, 0) is 9.53 Å². The minimum absolute atomic E-state index is 0.0961. The Hall–Kier alpha value is -1.06. The summed E-state index contributed by atoms with van der Waals surface area (Å²) in [5.41, 5.74) is 0. The van der Waals surface area contributed by atoms with Crippen molar-refractivity contribution in [3.8, 4) is 0 Å². The van der Waals surface area contributed by atoms with Crippen LogP contribution in [0, 0.1) is 0 Å². The zero-order valence-electron chi connectivity index (χ0n) is 3.96. The van der Waals surface area contributed by atoms with Gasteiger partial charge in [-0.15, -0.1) is 0 Å². The Balaban J connectivity index is 2.29. The molecule has 0 aromatic carbocycles. The second kappa shape index (κ2) is 0.866. The van der Waals surface area contributed by atoms with Crippen molar-refractivity contribution in [2.45, 2.75) is 6.04 Å². The second-order valence-electron chi connectivity index (χ2n) is 1.80. The van der Waals surface area contributed by atoms with E-state index in [1.807, 2.05) is 0 Å². The van der Waals surface area contributed by atoms with Crippen LogP contribution in [0.5, 0.6) is 0 Å². The number of cyclic esters (lactones) is 1. The van der Waals surface area contributed by atoms with Crippen molar-refractivity contribution in [2.24, 2.45) is 0 Å². The highest BCUT2D eigenvalue weighted by molar-refractivity contribution is 6.11. The zero-order chi connectivity index (χ0) is 5.72. The smallest absolute Gasteiger partial charge is 0.417 e. The lowest BCUT2D eigenvalue weighted by Gasteiger charge is -1.88. The molecule has 4 heteroatoms. The van der Waals surface area contributed by atoms with E-state index in [1.165, 1.54) is 0 Å². The van der Waals surface area contributed by atoms with Crippen LogP contribution in [0.25, 0.3) is 0 Å². The minimum Gasteiger partial charge on any atom is -0.446 e. The van der Waals surface area contributed by atoms with Gasteiger partial charge in [-0.05, 0) is 0 Å². The van der Waals surface area contributed by atoms with Gasteiger partial charge in [0.15, 0.2) is 6.04 Å². The van der Waals surface area contributed by atoms with Gasteiger partial charge in [-0.1, -0.05) is 0 Å². The maximum atomic E-state index is 10.3. The number of rotatable bonds is 0. The van der Waals surface area contributed by atoms with E-state index in [0.29, 0.717) is 0 Å². The number of hydrogen-bond donors (Lipinski definition) is 0. The number of nitrogens with zero attached hydrogens (tertiary/aromatic N) is 1. The first kappa shape index (κ1) is 3.88. The molecule has 2 amide bonds. The van der Waals surface area contributed by atoms with Crippen LogP contribution in [0.15, 0.2) is 0 Å². The molecule has 0 spiro atoms. The fourth-order valence-corrected chi connectivity index (χ4v) is 0.800. The first-order valence-corrected chi connectivity index (χ1v) is 2.30. The van der Waals surface area contributed by atoms with E-state index in [2.05, 4.69) is 4.74 Å². The van der Waals surface area contributed by atoms with Gasteiger partial charge in [-0.25, -0.2) is 9.69 Å². The van der Waals surface area contributed by atoms with Crippen LogP contribution in [0.3, 0.4) is 0 Å². The normalized spacial score (nSPS) is 32.5. The van der Waals surface area contributed by atoms with Crippen LogP contribution >= 0.6 is 0 Å². The van der Waals surface area contributed by atoms with E-state index < -0.39 is 6.09 Å². The molecule has 0 aromatic heterocycles. The highest BCUT2D eigenvalue weighted by atomic mass is 16.6. The van der Waals surface area contributed by atoms with Gasteiger partial charge in [-0.3, -0.25) is 4.79 Å². The van der Waals surface area contributed by atoms with Crippen molar-refractivity contribution >= 4 is 12.0 Å². The number of amides is 2. The van der Waals surface area contributed by atoms with Crippen LogP contribution in [-0.4, -0.2) is 29.5 Å². The summed E-state index contributed by atoms with van der Waals surface area (Å²) in [5.74, 6) is -0.0961. The molecular formula is C4H3NO3. The molecule has 1 atom stereocenters. The number of imide groups is 1. The predicted molar refractivity (Wildman–Crippen MR) is 22.0 cm³/mol. The van der Waals surface area contributed by atoms with Gasteiger partial charge in [0.25, 0.3) is 5.91 Å². The molecule has 0 radical (unpaired) electrons. The fraction of sp³-hybridized carbons (Fsp3) is 0.500. The first-order valence-electron chi connectivity index (χ1n) is 2.30. The quantitative estimate of drug-likeness (QED) is 0.392. The van der Waals surface area contributed by atoms with Gasteiger partial charge in [0.1, 0.15) is 6.61 Å². The average molecular weight is 113 g/mol. The van der Waals surface area contributed by atoms with Gasteiger partial charge < -0.3 is 4.74 Å². The average Bonchev–Trinajstić information content (AvgIpc) is 2.13. The lowest BCUT2D eigenvalue weighted by Crippen LogP contribution is -2.07. The minimum atomic E-state index is -0.486. The predicted octanol–water partition coefficient (Wildman–Crippen LogP) is -0.653. The summed E-state index contributed by atoms with van der Waals surface area (Å²) >= 11 is 0. The lowest BCUT2D eigenvalue weighted by molar-refractivity contribution is -0.114. The van der Waals surface area contributed by atoms with E-state index in [0.717, 1.165) is 4.90 Å². The SMILES string of the molecule is O=C1OCC2C(=O)N12. The number of carbonyl (C=O) groups is 2. The third-order valence-corrected chi connectivity index (χ3v) is 1.33. The Kier molecular flexibility index (Phi) is 0.420. The standard InChI is InChI=1S/C4H3NO3/c6-3-2-1-8-4(7)5(2)3/h2H,1H2. The molecule has 2 aliphatic rings. The largest absolute Gasteiger partial charge is 0.446 e. The Bertz CT molecular complexity index is 176. The molecular weight excluding hydrogens is 110 g/mol. The first-order chi connectivity index (χ1) is 3.80. The molecule has 42 valence electrons. The van der Waals surface area contributed by atoms with E-state index in [4.69, 9.17) is 0 Å². The van der Waals surface area contributed by atoms with E-state index in [-0.39, 0.29) is 18.6 Å². The molecule has 0 bridgehead atoms. The molecule has 2 fully saturated rings. The highest BCUT2D eigenvalue weighted by Gasteiger charge is 2.57. The van der Waals surface area contributed by atoms with Crippen LogP contribution < -0.4 is 0 Å². The van der Waals surface area contributed by atoms with Gasteiger partial charge in [-0.2, -0.15) is 0 Å². The molecule has 4 nitrogen and oxygen atoms in total. The number of hydrogen-bond acceptors (Lipinski definition) is 3. The molecule has 2 rings (SSSR count). The summed E-state index contributed by atoms with van der Waals surface area (Å²) in [7, 11) is 0. The van der Waals surface area contributed by atoms with Crippen molar-refractivity contribution in [3.63, 3.8) is 0 Å². The lowest BCUT2D eigenvalue weighted by atomic mass is 10.5. The molecule has 2 heterocycles. The Morgan fingerprint density at radius 3 is 2.62 bits per heavy atom. The van der Waals surface area contributed by atoms with E-state index in [9.17, 15) is 9.59 Å². The summed E-state index contributed by atoms with van der Waals surface area (Å²) in [6, 6.07) is -0.220. The summed E-state index contributed by atoms with van der Waals surface area (Å²) in [4.78, 5) is 21.8. The molecule has 0 aliphatic carbocycles. The van der Waals surface area contributed by atoms with Crippen molar-refractivity contribution in [1.29, 1.82) is 0 Å². The zero-order valence-corrected chi connectivity index (χ0v) is 3.96. The number of fused-ring (bicyclic) bond motifs is 1.